The van der Waals surface area contributed by atoms with Gasteiger partial charge in [0.2, 0.25) is 27.1 Å². The number of ether oxygens (including phenoxy) is 8. The number of benzene rings is 4. The second kappa shape index (κ2) is 34.1. The Morgan fingerprint density at radius 3 is 0.879 bits per heavy atom. The van der Waals surface area contributed by atoms with Crippen LogP contribution in [0.1, 0.15) is 131 Å². The number of nitrogens with one attached hydrogen (secondary N) is 4. The van der Waals surface area contributed by atoms with Crippen molar-refractivity contribution in [2.45, 2.75) is 100 Å². The van der Waals surface area contributed by atoms with Crippen LogP contribution in [-0.2, 0) is 65.6 Å². The summed E-state index contributed by atoms with van der Waals surface area (Å²) in [6.45, 7) is -1.96. The second-order valence-electron chi connectivity index (χ2n) is 23.6. The van der Waals surface area contributed by atoms with Gasteiger partial charge in [0, 0.05) is 44.7 Å². The highest BCUT2D eigenvalue weighted by Gasteiger charge is 2.34. The van der Waals surface area contributed by atoms with Crippen molar-refractivity contribution in [3.05, 3.63) is 201 Å². The van der Waals surface area contributed by atoms with Crippen molar-refractivity contribution in [1.29, 1.82) is 0 Å². The predicted octanol–water partition coefficient (Wildman–Crippen LogP) is 15.8. The van der Waals surface area contributed by atoms with E-state index < -0.39 is 174 Å². The van der Waals surface area contributed by atoms with E-state index in [4.69, 9.17) is 127 Å². The topological polar surface area (TPSA) is 431 Å². The summed E-state index contributed by atoms with van der Waals surface area (Å²) < 4.78 is 317. The first-order chi connectivity index (χ1) is 62.0. The molecule has 0 bridgehead atoms. The Bertz CT molecular complexity index is 7250. The number of sulfonamides is 4. The number of Topliss-reactive ketones (excluding diaryl/α,β-unsaturated/α-hetero) is 4. The molecule has 116 heavy (non-hydrogen) atoms. The molecule has 2 unspecified atom stereocenters. The third kappa shape index (κ3) is 18.1. The second-order valence-corrected chi connectivity index (χ2v) is 35.4. The lowest BCUT2D eigenvalue weighted by molar-refractivity contribution is 0.0985. The highest BCUT2D eigenvalue weighted by molar-refractivity contribution is 7.94. The molecule has 4 aliphatic rings. The van der Waals surface area contributed by atoms with E-state index in [9.17, 15) is 52.8 Å². The van der Waals surface area contributed by atoms with Crippen molar-refractivity contribution in [1.82, 2.24) is 20.6 Å². The maximum absolute atomic E-state index is 13.4. The van der Waals surface area contributed by atoms with Gasteiger partial charge >= 0.3 is 0 Å². The molecule has 12 aromatic rings. The number of fused-ring (bicyclic) bond motifs is 4. The first-order valence-corrected chi connectivity index (χ1v) is 42.9. The van der Waals surface area contributed by atoms with Gasteiger partial charge in [-0.15, -0.1) is 45.3 Å². The quantitative estimate of drug-likeness (QED) is 0.0408. The first kappa shape index (κ1) is 63.0. The number of carbonyl (C=O) groups is 4. The maximum atomic E-state index is 13.4. The summed E-state index contributed by atoms with van der Waals surface area (Å²) in [5, 5.41) is 19.2. The predicted molar refractivity (Wildman–Crippen MR) is 427 cm³/mol. The summed E-state index contributed by atoms with van der Waals surface area (Å²) in [5.74, 6) is -5.81. The van der Waals surface area contributed by atoms with Crippen molar-refractivity contribution in [3.63, 3.8) is 0 Å². The van der Waals surface area contributed by atoms with Crippen molar-refractivity contribution >= 4 is 179 Å². The van der Waals surface area contributed by atoms with E-state index in [1.165, 1.54) is 86.5 Å². The highest BCUT2D eigenvalue weighted by Crippen LogP contribution is 2.42. The monoisotopic (exact) mass is 1830 g/mol. The lowest BCUT2D eigenvalue weighted by Gasteiger charge is -2.09. The van der Waals surface area contributed by atoms with E-state index >= 15 is 0 Å². The number of ketones is 4. The van der Waals surface area contributed by atoms with Crippen LogP contribution in [0.15, 0.2) is 132 Å². The van der Waals surface area contributed by atoms with Crippen LogP contribution in [0.5, 0.6) is 46.0 Å². The summed E-state index contributed by atoms with van der Waals surface area (Å²) in [6.07, 6.45) is -11.2. The molecule has 0 radical (unpaired) electrons. The van der Waals surface area contributed by atoms with Crippen LogP contribution in [0.4, 0.5) is 23.5 Å². The standard InChI is InChI=1S/4C18H15ClN2O6S2/c4*1-9-5-13-14(26-8-25-13)7-11(9)6-12(22)17-15(3-4-28-17)29(23,24)21-18-16(19)10(2)20-27-18/h4*3-5,7,21H,6,8H2,1-2H3/i1D3,6D2,8D;6D2,8D2;6D2,8D;1D3,6D2. The van der Waals surface area contributed by atoms with Crippen LogP contribution < -0.4 is 56.8 Å². The fraction of sp³-hybridized carbons (Fsp3) is 0.222. The minimum absolute atomic E-state index is 0.0300. The average molecular weight is 1840 g/mol. The Kier molecular flexibility index (Phi) is 18.5. The van der Waals surface area contributed by atoms with Gasteiger partial charge in [0.1, 0.15) is 67.9 Å². The molecular weight excluding hydrogens is 1760 g/mol. The van der Waals surface area contributed by atoms with Gasteiger partial charge in [-0.1, -0.05) is 67.0 Å². The van der Waals surface area contributed by atoms with Crippen molar-refractivity contribution in [3.8, 4) is 46.0 Å². The van der Waals surface area contributed by atoms with Gasteiger partial charge in [-0.05, 0) is 194 Å². The fourth-order valence-corrected chi connectivity index (χ4v) is 20.0. The lowest BCUT2D eigenvalue weighted by Crippen LogP contribution is -2.16. The van der Waals surface area contributed by atoms with Crippen LogP contribution in [0.2, 0.25) is 20.1 Å². The molecule has 32 nitrogen and oxygen atoms in total. The zero-order chi connectivity index (χ0) is 98.7. The molecule has 608 valence electrons. The smallest absolute Gasteiger partial charge is 0.265 e. The summed E-state index contributed by atoms with van der Waals surface area (Å²) in [7, 11) is -17.6. The molecule has 0 saturated carbocycles. The zero-order valence-electron chi connectivity index (χ0n) is 77.0. The van der Waals surface area contributed by atoms with Crippen molar-refractivity contribution in [2.75, 3.05) is 46.0 Å². The van der Waals surface area contributed by atoms with E-state index in [2.05, 4.69) is 39.5 Å². The molecule has 0 aliphatic carbocycles. The molecule has 0 amide bonds. The van der Waals surface area contributed by atoms with E-state index in [0.717, 1.165) is 65.1 Å². The third-order valence-electron chi connectivity index (χ3n) is 15.7. The number of hydrogen-bond donors (Lipinski definition) is 4. The number of aryl methyl sites for hydroxylation is 8. The third-order valence-corrected chi connectivity index (χ3v) is 27.2. The molecular formula is C72H60Cl4N8O24S8. The minimum atomic E-state index is -4.48. The zero-order valence-corrected chi connectivity index (χ0v) is 68.5. The van der Waals surface area contributed by atoms with Crippen LogP contribution in [0.3, 0.4) is 0 Å². The van der Waals surface area contributed by atoms with Gasteiger partial charge in [-0.3, -0.25) is 19.2 Å². The van der Waals surface area contributed by atoms with Crippen LogP contribution >= 0.6 is 91.8 Å². The highest BCUT2D eigenvalue weighted by atomic mass is 35.5. The summed E-state index contributed by atoms with van der Waals surface area (Å²) in [4.78, 5) is 49.5. The molecule has 4 N–H and O–H groups in total. The Morgan fingerprint density at radius 2 is 0.612 bits per heavy atom. The number of aromatic nitrogens is 4. The van der Waals surface area contributed by atoms with Gasteiger partial charge in [0.05, 0.1) is 19.5 Å². The van der Waals surface area contributed by atoms with E-state index in [0.29, 0.717) is 28.2 Å². The minimum Gasteiger partial charge on any atom is -0.454 e. The SMILES string of the molecule is [2H]C([2H])([2H])c1cc2c(cc1C([2H])([2H])C(=O)c1sccc1S(=O)(=O)Nc1onc(C)c1Cl)OCO2.[2H]C1([2H])Oc2cc(C)c(C([2H])([2H])C(=O)c3sccc3S(=O)(=O)Nc3onc(C)c3Cl)cc2O1.[2H]C1Oc2cc(C([2H])([2H])[2H])c(C([2H])([2H])C(=O)c3sccc3S(=O)(=O)Nc3onc(C)c3Cl)cc2O1.[2H]C1Oc2cc(C)c(C([2H])([2H])C(=O)c3sccc3S(=O)(=O)Nc3onc(C)c3Cl)cc2O1. The summed E-state index contributed by atoms with van der Waals surface area (Å²) >= 11 is 26.7. The number of rotatable bonds is 24. The normalized spacial score (nSPS) is 17.6. The number of thiophene rings is 4. The maximum Gasteiger partial charge on any atom is 0.265 e. The van der Waals surface area contributed by atoms with E-state index in [-0.39, 0.29) is 146 Å². The molecule has 16 rings (SSSR count). The largest absolute Gasteiger partial charge is 0.454 e. The Balaban J connectivity index is 0.000000152. The van der Waals surface area contributed by atoms with Crippen LogP contribution in [-0.4, -0.2) is 105 Å². The number of nitrogens with zero attached hydrogens (tertiary/aromatic N) is 4. The molecule has 44 heteroatoms. The number of halogens is 4. The molecule has 0 saturated heterocycles. The molecule has 0 spiro atoms. The molecule has 0 fully saturated rings. The molecule has 8 aromatic heterocycles. The number of hydrogen-bond acceptors (Lipinski definition) is 32. The van der Waals surface area contributed by atoms with Gasteiger partial charge in [0.25, 0.3) is 63.6 Å². The average Bonchev–Trinajstić information content (AvgIpc) is 1.44. The number of anilines is 4. The van der Waals surface area contributed by atoms with Crippen LogP contribution in [0, 0.1) is 55.2 Å². The Hall–Kier alpha value is -10.2. The Labute approximate surface area is 721 Å². The Morgan fingerprint density at radius 1 is 0.379 bits per heavy atom. The molecule has 4 aromatic carbocycles. The summed E-state index contributed by atoms with van der Waals surface area (Å²) in [5.41, 5.74) is -0.561. The van der Waals surface area contributed by atoms with Crippen molar-refractivity contribution < 1.29 is 134 Å². The number of carbonyl (C=O) groups excluding carboxylic acids is 4. The van der Waals surface area contributed by atoms with Gasteiger partial charge in [-0.25, -0.2) is 52.6 Å². The van der Waals surface area contributed by atoms with Gasteiger partial charge < -0.3 is 56.0 Å². The lowest BCUT2D eigenvalue weighted by atomic mass is 10.0. The summed E-state index contributed by atoms with van der Waals surface area (Å²) in [6, 6.07) is 13.9. The van der Waals surface area contributed by atoms with Crippen molar-refractivity contribution in [2.24, 2.45) is 0 Å². The van der Waals surface area contributed by atoms with Gasteiger partial charge in [0.15, 0.2) is 69.1 Å². The first-order valence-electron chi connectivity index (χ1n) is 41.1. The van der Waals surface area contributed by atoms with Gasteiger partial charge in [-0.2, -0.15) is 0 Å². The fourth-order valence-electron chi connectivity index (χ4n) is 10.0. The molecule has 12 heterocycles. The molecule has 2 atom stereocenters. The molecule has 4 aliphatic heterocycles. The van der Waals surface area contributed by atoms with E-state index in [1.54, 1.807) is 6.92 Å². The van der Waals surface area contributed by atoms with Crippen LogP contribution in [0.25, 0.3) is 0 Å². The van der Waals surface area contributed by atoms with E-state index in [1.807, 2.05) is 0 Å².